The summed E-state index contributed by atoms with van der Waals surface area (Å²) in [4.78, 5) is 7.50. The molecule has 2 N–H and O–H groups in total. The summed E-state index contributed by atoms with van der Waals surface area (Å²) in [6.07, 6.45) is 4.99. The monoisotopic (exact) mass is 301 g/mol. The molecule has 1 heterocycles. The summed E-state index contributed by atoms with van der Waals surface area (Å²) in [5.41, 5.74) is 5.66. The van der Waals surface area contributed by atoms with Crippen molar-refractivity contribution in [3.05, 3.63) is 30.5 Å². The fourth-order valence-corrected chi connectivity index (χ4v) is 2.66. The van der Waals surface area contributed by atoms with Crippen molar-refractivity contribution in [2.24, 2.45) is 5.73 Å². The summed E-state index contributed by atoms with van der Waals surface area (Å²) in [6.45, 7) is 0.823. The van der Waals surface area contributed by atoms with Crippen LogP contribution in [-0.2, 0) is 0 Å². The predicted octanol–water partition coefficient (Wildman–Crippen LogP) is 2.89. The average molecular weight is 301 g/mol. The Morgan fingerprint density at radius 1 is 1.43 bits per heavy atom. The van der Waals surface area contributed by atoms with Gasteiger partial charge in [-0.3, -0.25) is 0 Å². The molecule has 3 rings (SSSR count). The molecule has 1 aliphatic rings. The third-order valence-electron chi connectivity index (χ3n) is 3.81. The van der Waals surface area contributed by atoms with Gasteiger partial charge in [0.2, 0.25) is 0 Å². The van der Waals surface area contributed by atoms with Crippen LogP contribution in [-0.4, -0.2) is 29.7 Å². The normalized spacial score (nSPS) is 14.1. The molecular weight excluding hydrogens is 282 g/mol. The van der Waals surface area contributed by atoms with Crippen molar-refractivity contribution in [2.45, 2.75) is 25.3 Å². The van der Waals surface area contributed by atoms with Crippen LogP contribution in [0, 0.1) is 0 Å². The second-order valence-electron chi connectivity index (χ2n) is 5.36. The summed E-state index contributed by atoms with van der Waals surface area (Å²) in [5, 5.41) is 2.29. The van der Waals surface area contributed by atoms with E-state index in [2.05, 4.69) is 16.0 Å². The number of benzene rings is 1. The molecule has 1 saturated carbocycles. The highest BCUT2D eigenvalue weighted by molar-refractivity contribution is 7.80. The van der Waals surface area contributed by atoms with E-state index < -0.39 is 0 Å². The molecule has 0 unspecified atom stereocenters. The van der Waals surface area contributed by atoms with Gasteiger partial charge in [-0.25, -0.2) is 4.98 Å². The van der Waals surface area contributed by atoms with E-state index in [4.69, 9.17) is 22.7 Å². The first-order valence-electron chi connectivity index (χ1n) is 7.17. The molecule has 1 aliphatic carbocycles. The van der Waals surface area contributed by atoms with Crippen molar-refractivity contribution in [3.63, 3.8) is 0 Å². The van der Waals surface area contributed by atoms with E-state index in [1.807, 2.05) is 24.4 Å². The third-order valence-corrected chi connectivity index (χ3v) is 4.02. The minimum absolute atomic E-state index is 0.554. The van der Waals surface area contributed by atoms with Gasteiger partial charge in [0, 0.05) is 30.6 Å². The number of fused-ring (bicyclic) bond motifs is 1. The van der Waals surface area contributed by atoms with Crippen LogP contribution in [0.5, 0.6) is 5.75 Å². The number of rotatable bonds is 6. The van der Waals surface area contributed by atoms with Crippen LogP contribution in [0.4, 0.5) is 5.82 Å². The van der Waals surface area contributed by atoms with Crippen molar-refractivity contribution in [3.8, 4) is 5.75 Å². The zero-order valence-electron chi connectivity index (χ0n) is 12.1. The highest BCUT2D eigenvalue weighted by atomic mass is 32.1. The number of ether oxygens (including phenoxy) is 1. The third kappa shape index (κ3) is 3.08. The molecule has 2 aromatic rings. The van der Waals surface area contributed by atoms with E-state index in [0.717, 1.165) is 23.5 Å². The Morgan fingerprint density at radius 3 is 2.90 bits per heavy atom. The molecule has 0 amide bonds. The molecule has 21 heavy (non-hydrogen) atoms. The summed E-state index contributed by atoms with van der Waals surface area (Å²) in [5.74, 6) is 1.85. The van der Waals surface area contributed by atoms with Crippen molar-refractivity contribution in [1.82, 2.24) is 4.98 Å². The highest BCUT2D eigenvalue weighted by Gasteiger charge is 2.30. The quantitative estimate of drug-likeness (QED) is 0.831. The Labute approximate surface area is 129 Å². The van der Waals surface area contributed by atoms with Gasteiger partial charge in [-0.05, 0) is 36.4 Å². The van der Waals surface area contributed by atoms with Crippen molar-refractivity contribution >= 4 is 33.8 Å². The minimum atomic E-state index is 0.554. The van der Waals surface area contributed by atoms with Crippen LogP contribution >= 0.6 is 12.2 Å². The van der Waals surface area contributed by atoms with E-state index in [0.29, 0.717) is 17.5 Å². The van der Waals surface area contributed by atoms with Gasteiger partial charge < -0.3 is 15.4 Å². The number of aromatic nitrogens is 1. The summed E-state index contributed by atoms with van der Waals surface area (Å²) >= 11 is 5.02. The molecule has 0 bridgehead atoms. The molecule has 1 fully saturated rings. The van der Waals surface area contributed by atoms with Crippen LogP contribution in [0.3, 0.4) is 0 Å². The molecule has 1 aromatic heterocycles. The van der Waals surface area contributed by atoms with Crippen molar-refractivity contribution in [1.29, 1.82) is 0 Å². The zero-order valence-corrected chi connectivity index (χ0v) is 12.9. The molecule has 110 valence electrons. The van der Waals surface area contributed by atoms with E-state index in [1.54, 1.807) is 7.11 Å². The summed E-state index contributed by atoms with van der Waals surface area (Å²) in [7, 11) is 1.68. The first kappa shape index (κ1) is 14.1. The van der Waals surface area contributed by atoms with E-state index in [-0.39, 0.29) is 0 Å². The Morgan fingerprint density at radius 2 is 2.24 bits per heavy atom. The number of nitrogens with two attached hydrogens (primary N) is 1. The molecule has 0 aliphatic heterocycles. The minimum Gasteiger partial charge on any atom is -0.497 e. The molecule has 0 saturated heterocycles. The van der Waals surface area contributed by atoms with Gasteiger partial charge >= 0.3 is 0 Å². The van der Waals surface area contributed by atoms with Crippen molar-refractivity contribution < 1.29 is 4.74 Å². The van der Waals surface area contributed by atoms with Crippen LogP contribution in [0.2, 0.25) is 0 Å². The lowest BCUT2D eigenvalue weighted by atomic mass is 10.1. The van der Waals surface area contributed by atoms with Gasteiger partial charge in [-0.15, -0.1) is 0 Å². The lowest BCUT2D eigenvalue weighted by Gasteiger charge is -2.24. The maximum Gasteiger partial charge on any atom is 0.136 e. The predicted molar refractivity (Wildman–Crippen MR) is 90.1 cm³/mol. The van der Waals surface area contributed by atoms with Crippen molar-refractivity contribution in [2.75, 3.05) is 18.6 Å². The number of hydrogen-bond donors (Lipinski definition) is 1. The molecule has 0 radical (unpaired) electrons. The Kier molecular flexibility index (Phi) is 3.92. The lowest BCUT2D eigenvalue weighted by Crippen LogP contribution is -2.30. The maximum absolute atomic E-state index is 5.66. The Hall–Kier alpha value is -1.88. The first-order chi connectivity index (χ1) is 10.2. The SMILES string of the molecule is COc1ccc2ccnc(N(CCC(N)=S)C3CC3)c2c1. The number of nitrogens with zero attached hydrogens (tertiary/aromatic N) is 2. The molecule has 5 heteroatoms. The van der Waals surface area contributed by atoms with E-state index in [1.165, 1.54) is 18.2 Å². The molecular formula is C16H19N3OS. The number of anilines is 1. The van der Waals surface area contributed by atoms with Gasteiger partial charge in [0.25, 0.3) is 0 Å². The maximum atomic E-state index is 5.66. The molecule has 4 nitrogen and oxygen atoms in total. The zero-order chi connectivity index (χ0) is 14.8. The van der Waals surface area contributed by atoms with E-state index >= 15 is 0 Å². The first-order valence-corrected chi connectivity index (χ1v) is 7.57. The topological polar surface area (TPSA) is 51.4 Å². The van der Waals surface area contributed by atoms with Gasteiger partial charge in [0.05, 0.1) is 12.1 Å². The standard InChI is InChI=1S/C16H19N3OS/c1-20-13-5-2-11-6-8-18-16(14(11)10-13)19(12-3-4-12)9-7-15(17)21/h2,5-6,8,10,12H,3-4,7,9H2,1H3,(H2,17,21). The van der Waals surface area contributed by atoms with Crippen LogP contribution in [0.25, 0.3) is 10.8 Å². The Balaban J connectivity index is 2.01. The average Bonchev–Trinajstić information content (AvgIpc) is 3.31. The van der Waals surface area contributed by atoms with Gasteiger partial charge in [0.1, 0.15) is 11.6 Å². The molecule has 0 atom stereocenters. The fraction of sp³-hybridized carbons (Fsp3) is 0.375. The highest BCUT2D eigenvalue weighted by Crippen LogP contribution is 2.35. The lowest BCUT2D eigenvalue weighted by molar-refractivity contribution is 0.415. The fourth-order valence-electron chi connectivity index (χ4n) is 2.57. The van der Waals surface area contributed by atoms with E-state index in [9.17, 15) is 0 Å². The van der Waals surface area contributed by atoms with Gasteiger partial charge in [-0.2, -0.15) is 0 Å². The molecule has 0 spiro atoms. The second kappa shape index (κ2) is 5.85. The number of thiocarbonyl (C=S) groups is 1. The smallest absolute Gasteiger partial charge is 0.136 e. The van der Waals surface area contributed by atoms with Crippen LogP contribution < -0.4 is 15.4 Å². The van der Waals surface area contributed by atoms with Crippen LogP contribution in [0.1, 0.15) is 19.3 Å². The van der Waals surface area contributed by atoms with Gasteiger partial charge in [0.15, 0.2) is 0 Å². The summed E-state index contributed by atoms with van der Waals surface area (Å²) in [6, 6.07) is 8.68. The van der Waals surface area contributed by atoms with Gasteiger partial charge in [-0.1, -0.05) is 18.3 Å². The second-order valence-corrected chi connectivity index (χ2v) is 5.89. The Bertz CT molecular complexity index is 670. The number of hydrogen-bond acceptors (Lipinski definition) is 4. The summed E-state index contributed by atoms with van der Waals surface area (Å²) < 4.78 is 5.34. The van der Waals surface area contributed by atoms with Crippen LogP contribution in [0.15, 0.2) is 30.5 Å². The molecule has 1 aromatic carbocycles. The number of pyridine rings is 1. The number of methoxy groups -OCH3 is 1. The largest absolute Gasteiger partial charge is 0.497 e.